The first-order valence-corrected chi connectivity index (χ1v) is 11.6. The second-order valence-electron chi connectivity index (χ2n) is 7.89. The normalized spacial score (nSPS) is 15.9. The smallest absolute Gasteiger partial charge is 0.344 e. The van der Waals surface area contributed by atoms with Crippen LogP contribution in [-0.2, 0) is 12.7 Å². The molecule has 0 spiro atoms. The fourth-order valence-electron chi connectivity index (χ4n) is 3.59. The molecule has 0 radical (unpaired) electrons. The molecule has 1 aliphatic rings. The Bertz CT molecular complexity index is 800. The Labute approximate surface area is 185 Å². The van der Waals surface area contributed by atoms with Gasteiger partial charge in [-0.3, -0.25) is 0 Å². The molecule has 3 rings (SSSR count). The summed E-state index contributed by atoms with van der Waals surface area (Å²) >= 11 is 7.23. The van der Waals surface area contributed by atoms with Gasteiger partial charge in [-0.15, -0.1) is 11.3 Å². The topological polar surface area (TPSA) is 18.5 Å². The van der Waals surface area contributed by atoms with Crippen molar-refractivity contribution in [2.45, 2.75) is 38.9 Å². The van der Waals surface area contributed by atoms with E-state index in [0.717, 1.165) is 50.7 Å². The number of likely N-dealkylation sites (tertiary alicyclic amines) is 1. The Morgan fingerprint density at radius 2 is 2.00 bits per heavy atom. The monoisotopic (exact) mass is 455 g/mol. The van der Waals surface area contributed by atoms with Crippen LogP contribution in [0.15, 0.2) is 41.8 Å². The SMILES string of the molecule is CC1CCN(CCCN(Cc2cccs2)C(=S)Nc2cccc(C(F)(F)F)c2)CC1. The molecule has 2 heterocycles. The van der Waals surface area contributed by atoms with E-state index < -0.39 is 11.7 Å². The van der Waals surface area contributed by atoms with Crippen molar-refractivity contribution in [1.82, 2.24) is 9.80 Å². The number of hydrogen-bond donors (Lipinski definition) is 1. The Hall–Kier alpha value is -1.64. The number of nitrogens with zero attached hydrogens (tertiary/aromatic N) is 2. The van der Waals surface area contributed by atoms with E-state index in [1.165, 1.54) is 23.8 Å². The van der Waals surface area contributed by atoms with E-state index in [1.54, 1.807) is 17.4 Å². The van der Waals surface area contributed by atoms with Crippen molar-refractivity contribution >= 4 is 34.4 Å². The zero-order chi connectivity index (χ0) is 21.6. The molecule has 30 heavy (non-hydrogen) atoms. The molecule has 0 atom stereocenters. The van der Waals surface area contributed by atoms with E-state index in [2.05, 4.69) is 23.2 Å². The molecule has 1 aliphatic heterocycles. The first-order valence-electron chi connectivity index (χ1n) is 10.3. The van der Waals surface area contributed by atoms with E-state index in [-0.39, 0.29) is 0 Å². The molecule has 1 saturated heterocycles. The summed E-state index contributed by atoms with van der Waals surface area (Å²) in [4.78, 5) is 5.72. The van der Waals surface area contributed by atoms with Gasteiger partial charge in [0.05, 0.1) is 12.1 Å². The minimum atomic E-state index is -4.37. The fraction of sp³-hybridized carbons (Fsp3) is 0.500. The average Bonchev–Trinajstić information content (AvgIpc) is 3.21. The standard InChI is InChI=1S/C22H28F3N3S2/c1-17-8-12-27(13-9-17)10-4-11-28(16-20-7-3-14-30-20)21(29)26-19-6-2-5-18(15-19)22(23,24)25/h2-3,5-7,14-15,17H,4,8-13,16H2,1H3,(H,26,29). The van der Waals surface area contributed by atoms with Gasteiger partial charge in [0.1, 0.15) is 0 Å². The van der Waals surface area contributed by atoms with Gasteiger partial charge in [0.25, 0.3) is 0 Å². The average molecular weight is 456 g/mol. The van der Waals surface area contributed by atoms with Gasteiger partial charge in [-0.05, 0) is 86.7 Å². The van der Waals surface area contributed by atoms with Crippen LogP contribution < -0.4 is 5.32 Å². The highest BCUT2D eigenvalue weighted by molar-refractivity contribution is 7.80. The number of rotatable bonds is 7. The first kappa shape index (κ1) is 23.0. The third-order valence-electron chi connectivity index (χ3n) is 5.43. The van der Waals surface area contributed by atoms with Crippen molar-refractivity contribution in [3.63, 3.8) is 0 Å². The van der Waals surface area contributed by atoms with Crippen molar-refractivity contribution in [3.8, 4) is 0 Å². The molecular weight excluding hydrogens is 427 g/mol. The highest BCUT2D eigenvalue weighted by Crippen LogP contribution is 2.30. The van der Waals surface area contributed by atoms with Crippen LogP contribution in [-0.4, -0.2) is 41.1 Å². The van der Waals surface area contributed by atoms with Gasteiger partial charge >= 0.3 is 6.18 Å². The molecule has 0 bridgehead atoms. The van der Waals surface area contributed by atoms with Gasteiger partial charge in [0.2, 0.25) is 0 Å². The largest absolute Gasteiger partial charge is 0.416 e. The summed E-state index contributed by atoms with van der Waals surface area (Å²) < 4.78 is 39.0. The summed E-state index contributed by atoms with van der Waals surface area (Å²) in [5.74, 6) is 0.806. The molecule has 2 aromatic rings. The van der Waals surface area contributed by atoms with E-state index in [0.29, 0.717) is 17.3 Å². The zero-order valence-electron chi connectivity index (χ0n) is 17.1. The predicted octanol–water partition coefficient (Wildman–Crippen LogP) is 6.09. The van der Waals surface area contributed by atoms with Crippen LogP contribution in [0.3, 0.4) is 0 Å². The molecule has 0 saturated carbocycles. The van der Waals surface area contributed by atoms with Crippen molar-refractivity contribution in [2.24, 2.45) is 5.92 Å². The van der Waals surface area contributed by atoms with Crippen molar-refractivity contribution in [1.29, 1.82) is 0 Å². The van der Waals surface area contributed by atoms with Crippen LogP contribution in [0.25, 0.3) is 0 Å². The van der Waals surface area contributed by atoms with E-state index >= 15 is 0 Å². The number of hydrogen-bond acceptors (Lipinski definition) is 3. The fourth-order valence-corrected chi connectivity index (χ4v) is 4.58. The Morgan fingerprint density at radius 1 is 1.23 bits per heavy atom. The lowest BCUT2D eigenvalue weighted by molar-refractivity contribution is -0.137. The van der Waals surface area contributed by atoms with Gasteiger partial charge in [-0.2, -0.15) is 13.2 Å². The second-order valence-corrected chi connectivity index (χ2v) is 9.31. The van der Waals surface area contributed by atoms with Crippen molar-refractivity contribution < 1.29 is 13.2 Å². The quantitative estimate of drug-likeness (QED) is 0.509. The van der Waals surface area contributed by atoms with Crippen LogP contribution >= 0.6 is 23.6 Å². The van der Waals surface area contributed by atoms with Gasteiger partial charge < -0.3 is 15.1 Å². The van der Waals surface area contributed by atoms with E-state index in [4.69, 9.17) is 12.2 Å². The van der Waals surface area contributed by atoms with Gasteiger partial charge in [0.15, 0.2) is 5.11 Å². The summed E-state index contributed by atoms with van der Waals surface area (Å²) in [5, 5.41) is 5.48. The van der Waals surface area contributed by atoms with Crippen LogP contribution in [0.5, 0.6) is 0 Å². The number of thiocarbonyl (C=S) groups is 1. The molecule has 0 unspecified atom stereocenters. The number of nitrogens with one attached hydrogen (secondary N) is 1. The predicted molar refractivity (Wildman–Crippen MR) is 122 cm³/mol. The molecule has 164 valence electrons. The minimum Gasteiger partial charge on any atom is -0.344 e. The molecule has 1 aromatic heterocycles. The van der Waals surface area contributed by atoms with E-state index in [1.807, 2.05) is 16.3 Å². The number of alkyl halides is 3. The number of halogens is 3. The molecule has 1 N–H and O–H groups in total. The molecule has 0 aliphatic carbocycles. The first-order chi connectivity index (χ1) is 14.3. The molecule has 1 fully saturated rings. The summed E-state index contributed by atoms with van der Waals surface area (Å²) in [6, 6.07) is 9.23. The van der Waals surface area contributed by atoms with Crippen molar-refractivity contribution in [2.75, 3.05) is 31.5 Å². The third-order valence-corrected chi connectivity index (χ3v) is 6.66. The number of piperidine rings is 1. The third kappa shape index (κ3) is 6.96. The minimum absolute atomic E-state index is 0.357. The van der Waals surface area contributed by atoms with Crippen LogP contribution in [0, 0.1) is 5.92 Å². The molecule has 3 nitrogen and oxygen atoms in total. The molecule has 8 heteroatoms. The number of benzene rings is 1. The lowest BCUT2D eigenvalue weighted by Crippen LogP contribution is -2.38. The summed E-state index contributed by atoms with van der Waals surface area (Å²) in [6.45, 7) is 7.00. The van der Waals surface area contributed by atoms with Crippen molar-refractivity contribution in [3.05, 3.63) is 52.2 Å². The maximum atomic E-state index is 13.0. The van der Waals surface area contributed by atoms with Gasteiger partial charge in [-0.25, -0.2) is 0 Å². The maximum absolute atomic E-state index is 13.0. The van der Waals surface area contributed by atoms with Gasteiger partial charge in [-0.1, -0.05) is 19.1 Å². The molecule has 0 amide bonds. The number of thiophene rings is 1. The Balaban J connectivity index is 1.60. The zero-order valence-corrected chi connectivity index (χ0v) is 18.8. The second kappa shape index (κ2) is 10.6. The summed E-state index contributed by atoms with van der Waals surface area (Å²) in [7, 11) is 0. The summed E-state index contributed by atoms with van der Waals surface area (Å²) in [6.07, 6.45) is -0.922. The highest BCUT2D eigenvalue weighted by atomic mass is 32.1. The Kier molecular flexibility index (Phi) is 8.13. The van der Waals surface area contributed by atoms with E-state index in [9.17, 15) is 13.2 Å². The van der Waals surface area contributed by atoms with Crippen LogP contribution in [0.1, 0.15) is 36.6 Å². The number of anilines is 1. The molecular formula is C22H28F3N3S2. The van der Waals surface area contributed by atoms with Crippen LogP contribution in [0.4, 0.5) is 18.9 Å². The maximum Gasteiger partial charge on any atom is 0.416 e. The highest BCUT2D eigenvalue weighted by Gasteiger charge is 2.30. The van der Waals surface area contributed by atoms with Crippen LogP contribution in [0.2, 0.25) is 0 Å². The lowest BCUT2D eigenvalue weighted by atomic mass is 9.99. The Morgan fingerprint density at radius 3 is 2.67 bits per heavy atom. The summed E-state index contributed by atoms with van der Waals surface area (Å²) in [5.41, 5.74) is -0.324. The molecule has 1 aromatic carbocycles. The van der Waals surface area contributed by atoms with Gasteiger partial charge in [0, 0.05) is 17.1 Å². The lowest BCUT2D eigenvalue weighted by Gasteiger charge is -2.31.